The second-order valence-corrected chi connectivity index (χ2v) is 5.63. The molecule has 2 amide bonds. The summed E-state index contributed by atoms with van der Waals surface area (Å²) in [6, 6.07) is 15.7. The average Bonchev–Trinajstić information content (AvgIpc) is 3.11. The fourth-order valence-corrected chi connectivity index (χ4v) is 2.72. The molecule has 0 saturated carbocycles. The molecule has 8 heteroatoms. The molecule has 0 fully saturated rings. The van der Waals surface area contributed by atoms with Crippen LogP contribution in [-0.2, 0) is 0 Å². The molecule has 0 atom stereocenters. The summed E-state index contributed by atoms with van der Waals surface area (Å²) in [4.78, 5) is 39.3. The van der Waals surface area contributed by atoms with E-state index in [-0.39, 0.29) is 11.3 Å². The number of H-pyrrole nitrogens is 2. The number of para-hydroxylation sites is 1. The van der Waals surface area contributed by atoms with E-state index in [0.717, 1.165) is 10.9 Å². The van der Waals surface area contributed by atoms with Crippen molar-refractivity contribution in [3.63, 3.8) is 0 Å². The van der Waals surface area contributed by atoms with E-state index in [1.807, 2.05) is 24.3 Å². The van der Waals surface area contributed by atoms with Crippen molar-refractivity contribution in [3.8, 4) is 0 Å². The van der Waals surface area contributed by atoms with E-state index in [9.17, 15) is 14.4 Å². The van der Waals surface area contributed by atoms with E-state index in [4.69, 9.17) is 0 Å². The van der Waals surface area contributed by atoms with E-state index in [0.29, 0.717) is 16.5 Å². The molecule has 0 saturated heterocycles. The molecular weight excluding hydrogens is 334 g/mol. The zero-order chi connectivity index (χ0) is 18.1. The lowest BCUT2D eigenvalue weighted by Crippen LogP contribution is -2.42. The van der Waals surface area contributed by atoms with Gasteiger partial charge in [0.15, 0.2) is 5.69 Å². The minimum atomic E-state index is -0.637. The van der Waals surface area contributed by atoms with Crippen LogP contribution >= 0.6 is 0 Å². The van der Waals surface area contributed by atoms with Crippen molar-refractivity contribution in [2.24, 2.45) is 0 Å². The quantitative estimate of drug-likeness (QED) is 0.411. The molecule has 0 aliphatic rings. The van der Waals surface area contributed by atoms with Crippen LogP contribution < -0.4 is 16.4 Å². The first-order valence-corrected chi connectivity index (χ1v) is 7.79. The number of nitrogens with zero attached hydrogens (tertiary/aromatic N) is 1. The minimum absolute atomic E-state index is 0.0112. The van der Waals surface area contributed by atoms with Gasteiger partial charge in [0.25, 0.3) is 17.4 Å². The van der Waals surface area contributed by atoms with Gasteiger partial charge >= 0.3 is 0 Å². The highest BCUT2D eigenvalue weighted by Gasteiger charge is 2.16. The number of carbonyl (C=O) groups excluding carboxylic acids is 2. The number of aromatic nitrogens is 3. The van der Waals surface area contributed by atoms with Gasteiger partial charge in [-0.25, -0.2) is 5.10 Å². The number of benzene rings is 2. The van der Waals surface area contributed by atoms with Crippen LogP contribution in [-0.4, -0.2) is 27.0 Å². The summed E-state index contributed by atoms with van der Waals surface area (Å²) < 4.78 is 0. The summed E-state index contributed by atoms with van der Waals surface area (Å²) >= 11 is 0. The van der Waals surface area contributed by atoms with Gasteiger partial charge < -0.3 is 4.98 Å². The molecule has 0 radical (unpaired) electrons. The SMILES string of the molecule is O=C(NNC(=O)c1n[nH]c(=O)c2ccccc12)c1cc2ccccc2[nH]1. The van der Waals surface area contributed by atoms with Gasteiger partial charge in [-0.2, -0.15) is 5.10 Å². The van der Waals surface area contributed by atoms with E-state index < -0.39 is 11.8 Å². The molecule has 0 bridgehead atoms. The molecule has 4 rings (SSSR count). The number of amides is 2. The Labute approximate surface area is 146 Å². The van der Waals surface area contributed by atoms with Gasteiger partial charge in [0.1, 0.15) is 5.69 Å². The van der Waals surface area contributed by atoms with Crippen LogP contribution in [0.2, 0.25) is 0 Å². The van der Waals surface area contributed by atoms with Gasteiger partial charge in [-0.1, -0.05) is 36.4 Å². The van der Waals surface area contributed by atoms with Crippen LogP contribution in [0.25, 0.3) is 21.7 Å². The predicted molar refractivity (Wildman–Crippen MR) is 95.6 cm³/mol. The van der Waals surface area contributed by atoms with Gasteiger partial charge in [0, 0.05) is 16.3 Å². The number of nitrogens with one attached hydrogen (secondary N) is 4. The molecule has 128 valence electrons. The van der Waals surface area contributed by atoms with Gasteiger partial charge in [0.05, 0.1) is 5.39 Å². The highest BCUT2D eigenvalue weighted by atomic mass is 16.2. The largest absolute Gasteiger partial charge is 0.350 e. The lowest BCUT2D eigenvalue weighted by molar-refractivity contribution is 0.0842. The molecule has 2 heterocycles. The Balaban J connectivity index is 1.55. The van der Waals surface area contributed by atoms with Crippen LogP contribution in [0.1, 0.15) is 21.0 Å². The topological polar surface area (TPSA) is 120 Å². The fraction of sp³-hybridized carbons (Fsp3) is 0. The van der Waals surface area contributed by atoms with Crippen molar-refractivity contribution < 1.29 is 9.59 Å². The summed E-state index contributed by atoms with van der Waals surface area (Å²) in [5, 5.41) is 7.68. The van der Waals surface area contributed by atoms with Gasteiger partial charge in [-0.05, 0) is 18.2 Å². The number of aromatic amines is 2. The van der Waals surface area contributed by atoms with E-state index in [2.05, 4.69) is 26.0 Å². The molecule has 4 N–H and O–H groups in total. The van der Waals surface area contributed by atoms with E-state index in [1.165, 1.54) is 0 Å². The van der Waals surface area contributed by atoms with Gasteiger partial charge in [0.2, 0.25) is 0 Å². The Morgan fingerprint density at radius 1 is 0.885 bits per heavy atom. The van der Waals surface area contributed by atoms with Crippen LogP contribution in [0.15, 0.2) is 59.4 Å². The molecule has 26 heavy (non-hydrogen) atoms. The van der Waals surface area contributed by atoms with Crippen molar-refractivity contribution in [1.29, 1.82) is 0 Å². The highest BCUT2D eigenvalue weighted by molar-refractivity contribution is 6.06. The lowest BCUT2D eigenvalue weighted by atomic mass is 10.1. The number of carbonyl (C=O) groups is 2. The normalized spacial score (nSPS) is 10.8. The maximum absolute atomic E-state index is 12.4. The Morgan fingerprint density at radius 3 is 2.38 bits per heavy atom. The Morgan fingerprint density at radius 2 is 1.58 bits per heavy atom. The van der Waals surface area contributed by atoms with Crippen LogP contribution in [0.5, 0.6) is 0 Å². The molecule has 0 unspecified atom stereocenters. The highest BCUT2D eigenvalue weighted by Crippen LogP contribution is 2.14. The van der Waals surface area contributed by atoms with Crippen LogP contribution in [0.3, 0.4) is 0 Å². The first-order chi connectivity index (χ1) is 12.6. The minimum Gasteiger partial charge on any atom is -0.350 e. The van der Waals surface area contributed by atoms with Crippen molar-refractivity contribution in [2.75, 3.05) is 0 Å². The number of fused-ring (bicyclic) bond motifs is 2. The number of hydrogen-bond acceptors (Lipinski definition) is 4. The average molecular weight is 347 g/mol. The second-order valence-electron chi connectivity index (χ2n) is 5.63. The molecule has 0 spiro atoms. The molecular formula is C18H13N5O3. The summed E-state index contributed by atoms with van der Waals surface area (Å²) in [7, 11) is 0. The first kappa shape index (κ1) is 15.6. The van der Waals surface area contributed by atoms with Crippen LogP contribution in [0, 0.1) is 0 Å². The second kappa shape index (κ2) is 6.17. The maximum atomic E-state index is 12.4. The third kappa shape index (κ3) is 2.69. The molecule has 8 nitrogen and oxygen atoms in total. The summed E-state index contributed by atoms with van der Waals surface area (Å²) in [6.45, 7) is 0. The molecule has 0 aliphatic carbocycles. The van der Waals surface area contributed by atoms with Gasteiger partial charge in [-0.15, -0.1) is 0 Å². The molecule has 2 aromatic heterocycles. The third-order valence-electron chi connectivity index (χ3n) is 3.98. The Kier molecular flexibility index (Phi) is 3.70. The van der Waals surface area contributed by atoms with Crippen LogP contribution in [0.4, 0.5) is 0 Å². The summed E-state index contributed by atoms with van der Waals surface area (Å²) in [5.74, 6) is -1.13. The fourth-order valence-electron chi connectivity index (χ4n) is 2.72. The molecule has 0 aliphatic heterocycles. The van der Waals surface area contributed by atoms with Crippen molar-refractivity contribution in [3.05, 3.63) is 76.3 Å². The standard InChI is InChI=1S/C18H13N5O3/c24-16-12-7-3-2-6-11(12)15(20-21-16)18(26)23-22-17(25)14-9-10-5-1-4-8-13(10)19-14/h1-9,19H,(H,21,24)(H,22,25)(H,23,26). The smallest absolute Gasteiger partial charge is 0.290 e. The van der Waals surface area contributed by atoms with Gasteiger partial charge in [-0.3, -0.25) is 25.2 Å². The van der Waals surface area contributed by atoms with Crippen molar-refractivity contribution in [2.45, 2.75) is 0 Å². The summed E-state index contributed by atoms with van der Waals surface area (Å²) in [6.07, 6.45) is 0. The lowest BCUT2D eigenvalue weighted by Gasteiger charge is -2.07. The Bertz CT molecular complexity index is 1180. The zero-order valence-electron chi connectivity index (χ0n) is 13.4. The van der Waals surface area contributed by atoms with E-state index in [1.54, 1.807) is 30.3 Å². The predicted octanol–water partition coefficient (Wildman–Crippen LogP) is 1.48. The first-order valence-electron chi connectivity index (χ1n) is 7.79. The molecule has 4 aromatic rings. The summed E-state index contributed by atoms with van der Waals surface area (Å²) in [5.41, 5.74) is 5.40. The monoisotopic (exact) mass is 347 g/mol. The van der Waals surface area contributed by atoms with E-state index >= 15 is 0 Å². The van der Waals surface area contributed by atoms with Crippen molar-refractivity contribution >= 4 is 33.5 Å². The maximum Gasteiger partial charge on any atom is 0.290 e. The Hall–Kier alpha value is -3.94. The number of hydrogen-bond donors (Lipinski definition) is 4. The number of rotatable bonds is 2. The third-order valence-corrected chi connectivity index (χ3v) is 3.98. The van der Waals surface area contributed by atoms with Crippen molar-refractivity contribution in [1.82, 2.24) is 26.0 Å². The zero-order valence-corrected chi connectivity index (χ0v) is 13.4. The number of hydrazine groups is 1. The molecule has 2 aromatic carbocycles.